The van der Waals surface area contributed by atoms with Crippen LogP contribution in [0.4, 0.5) is 4.39 Å². The summed E-state index contributed by atoms with van der Waals surface area (Å²) in [4.78, 5) is 28.9. The topological polar surface area (TPSA) is 67.5 Å². The van der Waals surface area contributed by atoms with E-state index >= 15 is 0 Å². The van der Waals surface area contributed by atoms with E-state index < -0.39 is 11.4 Å². The number of nitrogens with zero attached hydrogens (tertiary/aromatic N) is 2. The van der Waals surface area contributed by atoms with Crippen molar-refractivity contribution in [2.24, 2.45) is 5.92 Å². The van der Waals surface area contributed by atoms with E-state index in [0.29, 0.717) is 22.8 Å². The Bertz CT molecular complexity index is 1180. The molecule has 2 amide bonds. The molecule has 5 rings (SSSR count). The predicted octanol–water partition coefficient (Wildman–Crippen LogP) is 4.48. The number of carbonyl (C=O) groups is 2. The SMILES string of the molecule is C[C@@H]1CCCC[C@H]1NC(=O)[C@]1(C)Cn2c(cc3occc32)C(=O)N1Cc1ccccc1F. The smallest absolute Gasteiger partial charge is 0.271 e. The fourth-order valence-corrected chi connectivity index (χ4v) is 5.17. The highest BCUT2D eigenvalue weighted by atomic mass is 19.1. The number of halogens is 1. The van der Waals surface area contributed by atoms with Crippen molar-refractivity contribution in [2.75, 3.05) is 0 Å². The number of rotatable bonds is 4. The van der Waals surface area contributed by atoms with Gasteiger partial charge in [0.25, 0.3) is 5.91 Å². The molecular formula is C25H28FN3O3. The molecule has 1 aromatic carbocycles. The number of amides is 2. The van der Waals surface area contributed by atoms with Crippen molar-refractivity contribution >= 4 is 22.9 Å². The van der Waals surface area contributed by atoms with Gasteiger partial charge in [-0.3, -0.25) is 9.59 Å². The molecule has 2 aliphatic rings. The van der Waals surface area contributed by atoms with Crippen LogP contribution < -0.4 is 5.32 Å². The Labute approximate surface area is 186 Å². The van der Waals surface area contributed by atoms with E-state index in [9.17, 15) is 14.0 Å². The van der Waals surface area contributed by atoms with Gasteiger partial charge in [-0.1, -0.05) is 38.0 Å². The van der Waals surface area contributed by atoms with Crippen LogP contribution in [0.1, 0.15) is 55.6 Å². The van der Waals surface area contributed by atoms with Crippen LogP contribution in [-0.4, -0.2) is 32.9 Å². The maximum Gasteiger partial charge on any atom is 0.271 e. The van der Waals surface area contributed by atoms with E-state index in [1.807, 2.05) is 4.57 Å². The fourth-order valence-electron chi connectivity index (χ4n) is 5.17. The number of nitrogens with one attached hydrogen (secondary N) is 1. The van der Waals surface area contributed by atoms with Gasteiger partial charge in [-0.05, 0) is 31.7 Å². The number of hydrogen-bond donors (Lipinski definition) is 1. The summed E-state index contributed by atoms with van der Waals surface area (Å²) < 4.78 is 21.9. The van der Waals surface area contributed by atoms with Crippen molar-refractivity contribution in [2.45, 2.75) is 64.2 Å². The summed E-state index contributed by atoms with van der Waals surface area (Å²) in [5.41, 5.74) is 1.04. The standard InChI is InChI=1S/C25H28FN3O3/c1-16-7-3-6-10-19(16)27-24(31)25(2)15-28-20-11-12-32-22(20)13-21(28)23(30)29(25)14-17-8-4-5-9-18(17)26/h4-5,8-9,11-13,16,19H,3,6-7,10,14-15H2,1-2H3,(H,27,31)/t16-,19-,25+/m1/s1. The van der Waals surface area contributed by atoms with E-state index in [1.165, 1.54) is 17.4 Å². The molecule has 6 nitrogen and oxygen atoms in total. The molecule has 32 heavy (non-hydrogen) atoms. The maximum absolute atomic E-state index is 14.5. The molecule has 0 radical (unpaired) electrons. The van der Waals surface area contributed by atoms with Crippen LogP contribution in [0.3, 0.4) is 0 Å². The summed E-state index contributed by atoms with van der Waals surface area (Å²) in [5, 5.41) is 3.23. The van der Waals surface area contributed by atoms with Crippen molar-refractivity contribution in [3.8, 4) is 0 Å². The quantitative estimate of drug-likeness (QED) is 0.654. The average molecular weight is 438 g/mol. The van der Waals surface area contributed by atoms with Crippen LogP contribution in [0.15, 0.2) is 47.1 Å². The minimum absolute atomic E-state index is 0.0161. The first-order valence-electron chi connectivity index (χ1n) is 11.3. The average Bonchev–Trinajstić information content (AvgIpc) is 3.36. The van der Waals surface area contributed by atoms with Crippen molar-refractivity contribution in [3.63, 3.8) is 0 Å². The molecular weight excluding hydrogens is 409 g/mol. The van der Waals surface area contributed by atoms with Crippen LogP contribution in [-0.2, 0) is 17.9 Å². The summed E-state index contributed by atoms with van der Waals surface area (Å²) in [7, 11) is 0. The van der Waals surface area contributed by atoms with Crippen LogP contribution in [0.5, 0.6) is 0 Å². The van der Waals surface area contributed by atoms with Gasteiger partial charge in [0.1, 0.15) is 17.1 Å². The van der Waals surface area contributed by atoms with Crippen LogP contribution >= 0.6 is 0 Å². The van der Waals surface area contributed by atoms with Crippen molar-refractivity contribution in [3.05, 3.63) is 59.7 Å². The predicted molar refractivity (Wildman–Crippen MR) is 118 cm³/mol. The molecule has 0 spiro atoms. The number of benzene rings is 1. The highest BCUT2D eigenvalue weighted by Crippen LogP contribution is 2.35. The molecule has 2 aromatic heterocycles. The number of hydrogen-bond acceptors (Lipinski definition) is 3. The molecule has 3 atom stereocenters. The summed E-state index contributed by atoms with van der Waals surface area (Å²) in [6.07, 6.45) is 5.85. The molecule has 1 aliphatic heterocycles. The van der Waals surface area contributed by atoms with Crippen LogP contribution in [0.2, 0.25) is 0 Å². The number of carbonyl (C=O) groups excluding carboxylic acids is 2. The second-order valence-electron chi connectivity index (χ2n) is 9.38. The van der Waals surface area contributed by atoms with Crippen LogP contribution in [0, 0.1) is 11.7 Å². The first kappa shape index (κ1) is 20.8. The minimum atomic E-state index is -1.17. The molecule has 3 heterocycles. The lowest BCUT2D eigenvalue weighted by Crippen LogP contribution is -2.65. The third-order valence-electron chi connectivity index (χ3n) is 7.25. The normalized spacial score (nSPS) is 25.7. The molecule has 0 bridgehead atoms. The van der Waals surface area contributed by atoms with E-state index in [4.69, 9.17) is 4.42 Å². The molecule has 3 aromatic rings. The van der Waals surface area contributed by atoms with Gasteiger partial charge in [0.15, 0.2) is 5.58 Å². The number of fused-ring (bicyclic) bond motifs is 3. The van der Waals surface area contributed by atoms with Crippen LogP contribution in [0.25, 0.3) is 11.1 Å². The molecule has 1 saturated carbocycles. The highest BCUT2D eigenvalue weighted by Gasteiger charge is 2.48. The number of furan rings is 1. The Morgan fingerprint density at radius 1 is 1.25 bits per heavy atom. The third kappa shape index (κ3) is 3.31. The zero-order chi connectivity index (χ0) is 22.5. The zero-order valence-corrected chi connectivity index (χ0v) is 18.4. The maximum atomic E-state index is 14.5. The Balaban J connectivity index is 1.54. The molecule has 0 saturated heterocycles. The lowest BCUT2D eigenvalue weighted by molar-refractivity contribution is -0.134. The van der Waals surface area contributed by atoms with Gasteiger partial charge in [0.05, 0.1) is 24.9 Å². The van der Waals surface area contributed by atoms with Crippen molar-refractivity contribution < 1.29 is 18.4 Å². The summed E-state index contributed by atoms with van der Waals surface area (Å²) in [6.45, 7) is 4.23. The Morgan fingerprint density at radius 3 is 2.81 bits per heavy atom. The summed E-state index contributed by atoms with van der Waals surface area (Å²) in [6, 6.07) is 9.98. The van der Waals surface area contributed by atoms with Gasteiger partial charge in [0, 0.05) is 23.7 Å². The first-order chi connectivity index (χ1) is 15.4. The van der Waals surface area contributed by atoms with Gasteiger partial charge in [0.2, 0.25) is 5.91 Å². The van der Waals surface area contributed by atoms with Crippen molar-refractivity contribution in [1.29, 1.82) is 0 Å². The van der Waals surface area contributed by atoms with Gasteiger partial charge in [-0.25, -0.2) is 4.39 Å². The van der Waals surface area contributed by atoms with Crippen molar-refractivity contribution in [1.82, 2.24) is 14.8 Å². The lowest BCUT2D eigenvalue weighted by Gasteiger charge is -2.45. The van der Waals surface area contributed by atoms with E-state index in [0.717, 1.165) is 24.8 Å². The molecule has 1 fully saturated rings. The summed E-state index contributed by atoms with van der Waals surface area (Å²) >= 11 is 0. The monoisotopic (exact) mass is 437 g/mol. The second kappa shape index (κ2) is 7.80. The Hall–Kier alpha value is -3.09. The van der Waals surface area contributed by atoms with Gasteiger partial charge >= 0.3 is 0 Å². The Kier molecular flexibility index (Phi) is 5.07. The largest absolute Gasteiger partial charge is 0.463 e. The third-order valence-corrected chi connectivity index (χ3v) is 7.25. The van der Waals surface area contributed by atoms with Gasteiger partial charge in [-0.2, -0.15) is 0 Å². The van der Waals surface area contributed by atoms with E-state index in [2.05, 4.69) is 12.2 Å². The van der Waals surface area contributed by atoms with E-state index in [-0.39, 0.29) is 30.9 Å². The van der Waals surface area contributed by atoms with E-state index in [1.54, 1.807) is 43.5 Å². The fraction of sp³-hybridized carbons (Fsp3) is 0.440. The molecule has 1 aliphatic carbocycles. The lowest BCUT2D eigenvalue weighted by atomic mass is 9.85. The molecule has 0 unspecified atom stereocenters. The van der Waals surface area contributed by atoms with Gasteiger partial charge < -0.3 is 19.2 Å². The first-order valence-corrected chi connectivity index (χ1v) is 11.3. The Morgan fingerprint density at radius 2 is 2.03 bits per heavy atom. The molecule has 7 heteroatoms. The zero-order valence-electron chi connectivity index (χ0n) is 18.4. The minimum Gasteiger partial charge on any atom is -0.463 e. The highest BCUT2D eigenvalue weighted by molar-refractivity contribution is 6.02. The molecule has 168 valence electrons. The summed E-state index contributed by atoms with van der Waals surface area (Å²) in [5.74, 6) is -0.505. The number of aromatic nitrogens is 1. The second-order valence-corrected chi connectivity index (χ2v) is 9.38. The van der Waals surface area contributed by atoms with Gasteiger partial charge in [-0.15, -0.1) is 0 Å². The molecule has 1 N–H and O–H groups in total.